The molecule has 0 amide bonds. The van der Waals surface area contributed by atoms with Crippen molar-refractivity contribution in [3.05, 3.63) is 48.3 Å². The van der Waals surface area contributed by atoms with E-state index >= 15 is 0 Å². The molecule has 0 spiro atoms. The van der Waals surface area contributed by atoms with E-state index in [1.807, 2.05) is 12.3 Å². The summed E-state index contributed by atoms with van der Waals surface area (Å²) in [5, 5.41) is 0. The summed E-state index contributed by atoms with van der Waals surface area (Å²) in [6.07, 6.45) is 4.87. The van der Waals surface area contributed by atoms with E-state index in [0.29, 0.717) is 0 Å². The van der Waals surface area contributed by atoms with E-state index < -0.39 is 0 Å². The number of hydrogen-bond acceptors (Lipinski definition) is 0. The fourth-order valence-electron chi connectivity index (χ4n) is 1.19. The minimum Gasteiger partial charge on any atom is -0.359 e. The summed E-state index contributed by atoms with van der Waals surface area (Å²) in [4.78, 5) is 2.92. The minimum atomic E-state index is 1.19. The van der Waals surface area contributed by atoms with Crippen LogP contribution in [0.1, 0.15) is 5.56 Å². The van der Waals surface area contributed by atoms with E-state index in [1.165, 1.54) is 16.7 Å². The highest BCUT2D eigenvalue weighted by molar-refractivity contribution is 5.62. The van der Waals surface area contributed by atoms with Crippen LogP contribution in [-0.4, -0.2) is 4.98 Å². The smallest absolute Gasteiger partial charge is 0.0626 e. The van der Waals surface area contributed by atoms with Crippen molar-refractivity contribution in [1.29, 1.82) is 0 Å². The molecule has 0 aliphatic carbocycles. The van der Waals surface area contributed by atoms with Gasteiger partial charge in [0.2, 0.25) is 0 Å². The average molecular weight is 156 g/mol. The van der Waals surface area contributed by atoms with E-state index in [1.54, 1.807) is 0 Å². The van der Waals surface area contributed by atoms with Crippen LogP contribution in [0, 0.1) is 13.1 Å². The summed E-state index contributed by atoms with van der Waals surface area (Å²) in [6.45, 7) is 2.09. The topological polar surface area (TPSA) is 15.8 Å². The number of benzene rings is 1. The molecule has 1 aromatic carbocycles. The Morgan fingerprint density at radius 2 is 1.83 bits per heavy atom. The lowest BCUT2D eigenvalue weighted by Gasteiger charge is -1.96. The van der Waals surface area contributed by atoms with Crippen molar-refractivity contribution in [3.63, 3.8) is 0 Å². The van der Waals surface area contributed by atoms with Crippen molar-refractivity contribution in [1.82, 2.24) is 4.98 Å². The van der Waals surface area contributed by atoms with Gasteiger partial charge in [0.15, 0.2) is 0 Å². The molecule has 0 aliphatic rings. The summed E-state index contributed by atoms with van der Waals surface area (Å²) >= 11 is 0. The molecule has 0 saturated carbocycles. The Kier molecular flexibility index (Phi) is 1.71. The number of nitrogens with one attached hydrogen (secondary N) is 1. The van der Waals surface area contributed by atoms with Gasteiger partial charge in [0.05, 0.1) is 6.20 Å². The predicted octanol–water partition coefficient (Wildman–Crippen LogP) is 2.79. The first kappa shape index (κ1) is 7.17. The van der Waals surface area contributed by atoms with Crippen LogP contribution in [0.15, 0.2) is 36.5 Å². The fourth-order valence-corrected chi connectivity index (χ4v) is 1.19. The van der Waals surface area contributed by atoms with Gasteiger partial charge in [-0.1, -0.05) is 29.8 Å². The molecule has 1 heteroatoms. The quantitative estimate of drug-likeness (QED) is 0.653. The van der Waals surface area contributed by atoms with Crippen LogP contribution in [0.3, 0.4) is 0 Å². The van der Waals surface area contributed by atoms with Crippen LogP contribution < -0.4 is 0 Å². The lowest BCUT2D eigenvalue weighted by molar-refractivity contribution is 1.40. The monoisotopic (exact) mass is 156 g/mol. The molecule has 2 rings (SSSR count). The zero-order valence-corrected chi connectivity index (χ0v) is 6.96. The second kappa shape index (κ2) is 2.86. The van der Waals surface area contributed by atoms with E-state index in [0.717, 1.165) is 0 Å². The lowest BCUT2D eigenvalue weighted by Crippen LogP contribution is -1.74. The van der Waals surface area contributed by atoms with Gasteiger partial charge < -0.3 is 4.98 Å². The molecule has 0 fully saturated rings. The summed E-state index contributed by atoms with van der Waals surface area (Å²) in [6, 6.07) is 10.4. The Labute approximate surface area is 72.1 Å². The Morgan fingerprint density at radius 3 is 2.42 bits per heavy atom. The van der Waals surface area contributed by atoms with E-state index in [2.05, 4.69) is 42.4 Å². The van der Waals surface area contributed by atoms with Gasteiger partial charge in [-0.3, -0.25) is 0 Å². The molecule has 1 radical (unpaired) electrons. The van der Waals surface area contributed by atoms with Gasteiger partial charge in [0.1, 0.15) is 0 Å². The maximum atomic E-state index is 2.92. The normalized spacial score (nSPS) is 10.1. The molecule has 0 atom stereocenters. The van der Waals surface area contributed by atoms with Crippen molar-refractivity contribution < 1.29 is 0 Å². The van der Waals surface area contributed by atoms with Gasteiger partial charge in [0, 0.05) is 6.20 Å². The Balaban J connectivity index is 2.43. The Morgan fingerprint density at radius 1 is 1.08 bits per heavy atom. The molecule has 2 aromatic rings. The first-order valence-electron chi connectivity index (χ1n) is 3.98. The molecular weight excluding hydrogens is 146 g/mol. The Bertz CT molecular complexity index is 343. The zero-order valence-electron chi connectivity index (χ0n) is 6.96. The molecule has 0 unspecified atom stereocenters. The molecule has 1 nitrogen and oxygen atoms in total. The van der Waals surface area contributed by atoms with Crippen LogP contribution in [0.2, 0.25) is 0 Å². The summed E-state index contributed by atoms with van der Waals surface area (Å²) < 4.78 is 0. The molecule has 1 heterocycles. The van der Waals surface area contributed by atoms with Crippen LogP contribution in [0.25, 0.3) is 11.1 Å². The van der Waals surface area contributed by atoms with Crippen molar-refractivity contribution in [3.8, 4) is 11.1 Å². The third-order valence-electron chi connectivity index (χ3n) is 1.92. The highest BCUT2D eigenvalue weighted by Crippen LogP contribution is 2.17. The van der Waals surface area contributed by atoms with Gasteiger partial charge in [-0.25, -0.2) is 0 Å². The van der Waals surface area contributed by atoms with Gasteiger partial charge in [-0.2, -0.15) is 0 Å². The van der Waals surface area contributed by atoms with Crippen LogP contribution in [-0.2, 0) is 0 Å². The summed E-state index contributed by atoms with van der Waals surface area (Å²) in [5.41, 5.74) is 3.71. The summed E-state index contributed by atoms with van der Waals surface area (Å²) in [5.74, 6) is 0. The number of aromatic nitrogens is 1. The molecule has 0 aliphatic heterocycles. The third-order valence-corrected chi connectivity index (χ3v) is 1.92. The largest absolute Gasteiger partial charge is 0.359 e. The minimum absolute atomic E-state index is 1.19. The molecule has 1 N–H and O–H groups in total. The maximum absolute atomic E-state index is 2.92. The van der Waals surface area contributed by atoms with Gasteiger partial charge in [-0.15, -0.1) is 0 Å². The molecular formula is C11H10N. The molecule has 12 heavy (non-hydrogen) atoms. The second-order valence-electron chi connectivity index (χ2n) is 2.90. The van der Waals surface area contributed by atoms with E-state index in [4.69, 9.17) is 0 Å². The fraction of sp³-hybridized carbons (Fsp3) is 0.0909. The van der Waals surface area contributed by atoms with E-state index in [-0.39, 0.29) is 0 Å². The van der Waals surface area contributed by atoms with Gasteiger partial charge >= 0.3 is 0 Å². The Hall–Kier alpha value is -1.50. The van der Waals surface area contributed by atoms with Gasteiger partial charge in [0.25, 0.3) is 0 Å². The standard InChI is InChI=1S/C11H10N/c1-9-2-4-10(5-3-9)11-6-7-12-8-11/h2-6,8,12H,1H3. The third kappa shape index (κ3) is 1.26. The van der Waals surface area contributed by atoms with Crippen molar-refractivity contribution >= 4 is 0 Å². The molecule has 0 saturated heterocycles. The molecule has 59 valence electrons. The SMILES string of the molecule is Cc1ccc(-c2c[c][nH]c2)cc1. The first-order valence-corrected chi connectivity index (χ1v) is 3.98. The first-order chi connectivity index (χ1) is 5.86. The van der Waals surface area contributed by atoms with Crippen molar-refractivity contribution in [2.45, 2.75) is 6.92 Å². The van der Waals surface area contributed by atoms with Crippen molar-refractivity contribution in [2.24, 2.45) is 0 Å². The summed E-state index contributed by atoms with van der Waals surface area (Å²) in [7, 11) is 0. The maximum Gasteiger partial charge on any atom is 0.0626 e. The number of rotatable bonds is 1. The molecule has 1 aromatic heterocycles. The van der Waals surface area contributed by atoms with Crippen LogP contribution >= 0.6 is 0 Å². The number of aryl methyl sites for hydroxylation is 1. The molecule has 0 bridgehead atoms. The van der Waals surface area contributed by atoms with E-state index in [9.17, 15) is 0 Å². The van der Waals surface area contributed by atoms with Crippen LogP contribution in [0.5, 0.6) is 0 Å². The second-order valence-corrected chi connectivity index (χ2v) is 2.90. The van der Waals surface area contributed by atoms with Gasteiger partial charge in [-0.05, 0) is 24.1 Å². The highest BCUT2D eigenvalue weighted by Gasteiger charge is 1.95. The number of hydrogen-bond donors (Lipinski definition) is 1. The number of aromatic amines is 1. The predicted molar refractivity (Wildman–Crippen MR) is 49.8 cm³/mol. The lowest BCUT2D eigenvalue weighted by atomic mass is 10.1. The highest BCUT2D eigenvalue weighted by atomic mass is 14.6. The number of H-pyrrole nitrogens is 1. The average Bonchev–Trinajstić information content (AvgIpc) is 2.58. The zero-order chi connectivity index (χ0) is 8.39. The van der Waals surface area contributed by atoms with Crippen molar-refractivity contribution in [2.75, 3.05) is 0 Å². The van der Waals surface area contributed by atoms with Crippen LogP contribution in [0.4, 0.5) is 0 Å².